The third-order valence-corrected chi connectivity index (χ3v) is 9.30. The van der Waals surface area contributed by atoms with Gasteiger partial charge in [0.05, 0.1) is 0 Å². The van der Waals surface area contributed by atoms with Gasteiger partial charge in [0.15, 0.2) is 18.3 Å². The minimum absolute atomic E-state index is 0.431. The van der Waals surface area contributed by atoms with E-state index in [9.17, 15) is 28.8 Å². The van der Waals surface area contributed by atoms with Crippen molar-refractivity contribution < 1.29 is 43.0 Å². The number of cyclic esters (lactones) is 3. The Morgan fingerprint density at radius 1 is 0.447 bits per heavy atom. The average molecular weight is 668 g/mol. The zero-order valence-electron chi connectivity index (χ0n) is 31.4. The molecule has 1 saturated heterocycles. The van der Waals surface area contributed by atoms with Crippen molar-refractivity contribution in [3.05, 3.63) is 0 Å². The summed E-state index contributed by atoms with van der Waals surface area (Å²) in [5.41, 5.74) is 0. The molecule has 0 unspecified atom stereocenters. The summed E-state index contributed by atoms with van der Waals surface area (Å²) < 4.78 is 17.7. The summed E-state index contributed by atoms with van der Waals surface area (Å²) >= 11 is 0. The molecule has 1 heterocycles. The normalized spacial score (nSPS) is 28.0. The van der Waals surface area contributed by atoms with Gasteiger partial charge in [0.1, 0.15) is 18.1 Å². The van der Waals surface area contributed by atoms with E-state index in [-0.39, 0.29) is 0 Å². The summed E-state index contributed by atoms with van der Waals surface area (Å²) in [4.78, 5) is 87.3. The van der Waals surface area contributed by atoms with Crippen LogP contribution in [0, 0.1) is 35.5 Å². The Morgan fingerprint density at radius 3 is 0.894 bits per heavy atom. The highest BCUT2D eigenvalue weighted by Crippen LogP contribution is 2.26. The van der Waals surface area contributed by atoms with Gasteiger partial charge in [0, 0.05) is 33.0 Å². The first-order valence-corrected chi connectivity index (χ1v) is 17.1. The third kappa shape index (κ3) is 9.92. The van der Waals surface area contributed by atoms with E-state index in [1.165, 1.54) is 35.8 Å². The van der Waals surface area contributed by atoms with Gasteiger partial charge in [0.25, 0.3) is 17.7 Å². The van der Waals surface area contributed by atoms with Crippen molar-refractivity contribution >= 4 is 35.6 Å². The summed E-state index contributed by atoms with van der Waals surface area (Å²) in [6, 6.07) is -3.34. The highest BCUT2D eigenvalue weighted by Gasteiger charge is 2.45. The van der Waals surface area contributed by atoms with Crippen LogP contribution in [-0.2, 0) is 43.0 Å². The van der Waals surface area contributed by atoms with Crippen LogP contribution in [-0.4, -0.2) is 108 Å². The predicted octanol–water partition coefficient (Wildman–Crippen LogP) is 3.93. The number of likely N-dealkylation sites (N-methyl/N-ethyl adjacent to an activating group) is 3. The van der Waals surface area contributed by atoms with Crippen molar-refractivity contribution in [3.63, 3.8) is 0 Å². The van der Waals surface area contributed by atoms with E-state index < -0.39 is 108 Å². The van der Waals surface area contributed by atoms with Crippen molar-refractivity contribution in [1.29, 1.82) is 0 Å². The van der Waals surface area contributed by atoms with E-state index in [0.29, 0.717) is 12.8 Å². The monoisotopic (exact) mass is 667 g/mol. The van der Waals surface area contributed by atoms with Crippen LogP contribution in [0.2, 0.25) is 0 Å². The lowest BCUT2D eigenvalue weighted by Crippen LogP contribution is -2.58. The molecule has 12 nitrogen and oxygen atoms in total. The maximum Gasteiger partial charge on any atom is 0.329 e. The van der Waals surface area contributed by atoms with Gasteiger partial charge >= 0.3 is 17.9 Å². The second-order valence-electron chi connectivity index (χ2n) is 14.5. The number of rotatable bonds is 8. The highest BCUT2D eigenvalue weighted by molar-refractivity contribution is 5.94. The van der Waals surface area contributed by atoms with Gasteiger partial charge in [-0.15, -0.1) is 0 Å². The van der Waals surface area contributed by atoms with Crippen LogP contribution in [0.3, 0.4) is 0 Å². The quantitative estimate of drug-likeness (QED) is 0.278. The molecule has 0 radical (unpaired) electrons. The van der Waals surface area contributed by atoms with Gasteiger partial charge in [-0.1, -0.05) is 83.1 Å². The Kier molecular flexibility index (Phi) is 15.9. The molecule has 1 aliphatic rings. The Labute approximate surface area is 282 Å². The van der Waals surface area contributed by atoms with Crippen molar-refractivity contribution in [2.24, 2.45) is 35.5 Å². The van der Waals surface area contributed by atoms with E-state index in [4.69, 9.17) is 14.2 Å². The second-order valence-corrected chi connectivity index (χ2v) is 14.5. The largest absolute Gasteiger partial charge is 0.450 e. The first-order chi connectivity index (χ1) is 21.6. The first kappa shape index (κ1) is 41.8. The maximum absolute atomic E-state index is 14.1. The Morgan fingerprint density at radius 2 is 0.681 bits per heavy atom. The molecule has 1 fully saturated rings. The zero-order valence-corrected chi connectivity index (χ0v) is 31.4. The number of ether oxygens (including phenoxy) is 3. The smallest absolute Gasteiger partial charge is 0.329 e. The van der Waals surface area contributed by atoms with Gasteiger partial charge in [-0.05, 0) is 36.5 Å². The van der Waals surface area contributed by atoms with Gasteiger partial charge < -0.3 is 28.9 Å². The van der Waals surface area contributed by atoms with Crippen LogP contribution in [0.25, 0.3) is 0 Å². The van der Waals surface area contributed by atoms with Crippen LogP contribution in [0.15, 0.2) is 0 Å². The lowest BCUT2D eigenvalue weighted by atomic mass is 9.95. The fraction of sp³-hybridized carbons (Fsp3) is 0.829. The maximum atomic E-state index is 14.1. The third-order valence-electron chi connectivity index (χ3n) is 9.30. The fourth-order valence-electron chi connectivity index (χ4n) is 5.95. The Bertz CT molecular complexity index is 1110. The van der Waals surface area contributed by atoms with E-state index in [0.717, 1.165) is 0 Å². The van der Waals surface area contributed by atoms with Crippen molar-refractivity contribution in [2.45, 2.75) is 132 Å². The number of carbonyl (C=O) groups is 6. The molecule has 0 aromatic heterocycles. The molecule has 3 amide bonds. The molecule has 0 aliphatic carbocycles. The summed E-state index contributed by atoms with van der Waals surface area (Å²) in [6.07, 6.45) is -2.85. The molecule has 0 saturated carbocycles. The van der Waals surface area contributed by atoms with Crippen LogP contribution in [0.4, 0.5) is 0 Å². The minimum atomic E-state index is -1.28. The molecule has 0 spiro atoms. The molecule has 0 aromatic rings. The van der Waals surface area contributed by atoms with Crippen molar-refractivity contribution in [2.75, 3.05) is 21.1 Å². The number of hydrogen-bond acceptors (Lipinski definition) is 9. The number of hydrogen-bond donors (Lipinski definition) is 0. The molecular weight excluding hydrogens is 606 g/mol. The molecule has 47 heavy (non-hydrogen) atoms. The van der Waals surface area contributed by atoms with Crippen LogP contribution in [0.1, 0.15) is 95.9 Å². The van der Waals surface area contributed by atoms with E-state index >= 15 is 0 Å². The zero-order chi connectivity index (χ0) is 36.7. The van der Waals surface area contributed by atoms with E-state index in [1.807, 2.05) is 13.8 Å². The summed E-state index contributed by atoms with van der Waals surface area (Å²) in [5, 5.41) is 0. The SMILES string of the molecule is CC[C@H](C)[C@H]1OC(=O)[C@H](C(C)C)N(C)C(=O)[C@@H](C(C)C)OC(=O)[C@H](C(C)C)N(C)C(=O)[C@@H]([C@@H](C)CC)OC(=O)[C@H](C(C)C)N(C)C1=O. The topological polar surface area (TPSA) is 140 Å². The van der Waals surface area contributed by atoms with Crippen LogP contribution < -0.4 is 0 Å². The summed E-state index contributed by atoms with van der Waals surface area (Å²) in [6.45, 7) is 21.2. The number of amides is 3. The lowest BCUT2D eigenvalue weighted by Gasteiger charge is -2.38. The molecule has 12 heteroatoms. The van der Waals surface area contributed by atoms with Crippen molar-refractivity contribution in [3.8, 4) is 0 Å². The van der Waals surface area contributed by atoms with Gasteiger partial charge in [-0.25, -0.2) is 14.4 Å². The van der Waals surface area contributed by atoms with Crippen molar-refractivity contribution in [1.82, 2.24) is 14.7 Å². The fourth-order valence-corrected chi connectivity index (χ4v) is 5.95. The molecule has 270 valence electrons. The molecule has 8 atom stereocenters. The molecule has 1 aliphatic heterocycles. The molecule has 0 aromatic carbocycles. The summed E-state index contributed by atoms with van der Waals surface area (Å²) in [5.74, 6) is -6.82. The lowest BCUT2D eigenvalue weighted by molar-refractivity contribution is -0.182. The molecule has 1 rings (SSSR count). The van der Waals surface area contributed by atoms with Crippen LogP contribution >= 0.6 is 0 Å². The number of nitrogens with zero attached hydrogens (tertiary/aromatic N) is 3. The average Bonchev–Trinajstić information content (AvgIpc) is 2.98. The Hall–Kier alpha value is -3.18. The van der Waals surface area contributed by atoms with E-state index in [2.05, 4.69) is 0 Å². The second kappa shape index (κ2) is 17.8. The number of esters is 3. The Balaban J connectivity index is 4.00. The van der Waals surface area contributed by atoms with Gasteiger partial charge in [0.2, 0.25) is 0 Å². The van der Waals surface area contributed by atoms with E-state index in [1.54, 1.807) is 69.2 Å². The molecular formula is C35H61N3O9. The summed E-state index contributed by atoms with van der Waals surface area (Å²) in [7, 11) is 4.35. The minimum Gasteiger partial charge on any atom is -0.450 e. The van der Waals surface area contributed by atoms with Gasteiger partial charge in [-0.2, -0.15) is 0 Å². The first-order valence-electron chi connectivity index (χ1n) is 17.1. The predicted molar refractivity (Wildman–Crippen MR) is 178 cm³/mol. The molecule has 0 bridgehead atoms. The molecule has 0 N–H and O–H groups in total. The van der Waals surface area contributed by atoms with Crippen LogP contribution in [0.5, 0.6) is 0 Å². The number of carbonyl (C=O) groups excluding carboxylic acids is 6. The van der Waals surface area contributed by atoms with Gasteiger partial charge in [-0.3, -0.25) is 14.4 Å². The standard InChI is InChI=1S/C35H61N3O9/c1-16-22(11)28-31(40)37(14)24(18(3)4)33(42)45-27(21(9)10)30(39)36(13)25(19(5)6)34(43)46-29(23(12)17-2)32(41)38(15)26(20(7)8)35(44)47-28/h18-29H,16-17H2,1-15H3/t22-,23-,24-,25-,26-,27+,28+,29+/m0/s1. The highest BCUT2D eigenvalue weighted by atomic mass is 16.6.